The summed E-state index contributed by atoms with van der Waals surface area (Å²) in [5.74, 6) is 0.826. The van der Waals surface area contributed by atoms with E-state index in [0.29, 0.717) is 5.25 Å². The summed E-state index contributed by atoms with van der Waals surface area (Å²) in [7, 11) is 4.26. The van der Waals surface area contributed by atoms with Gasteiger partial charge >= 0.3 is 0 Å². The van der Waals surface area contributed by atoms with E-state index in [1.807, 2.05) is 11.8 Å². The van der Waals surface area contributed by atoms with Crippen molar-refractivity contribution in [3.8, 4) is 0 Å². The molecule has 0 aliphatic carbocycles. The molecule has 1 heterocycles. The van der Waals surface area contributed by atoms with E-state index >= 15 is 0 Å². The van der Waals surface area contributed by atoms with Gasteiger partial charge in [-0.25, -0.2) is 0 Å². The molecular formula is C14H29N3S. The first-order valence-electron chi connectivity index (χ1n) is 7.27. The summed E-state index contributed by atoms with van der Waals surface area (Å²) in [6.45, 7) is 7.84. The molecule has 0 saturated heterocycles. The Kier molecular flexibility index (Phi) is 7.75. The van der Waals surface area contributed by atoms with Gasteiger partial charge in [-0.3, -0.25) is 4.99 Å². The molecule has 0 radical (unpaired) electrons. The SMILES string of the molecule is CCC(CC)C1CN=C(NCCCCN(C)C)S1. The van der Waals surface area contributed by atoms with Crippen molar-refractivity contribution in [1.29, 1.82) is 0 Å². The van der Waals surface area contributed by atoms with Gasteiger partial charge in [0.05, 0.1) is 6.54 Å². The first-order valence-corrected chi connectivity index (χ1v) is 8.15. The van der Waals surface area contributed by atoms with Crippen LogP contribution in [0.25, 0.3) is 0 Å². The molecule has 1 N–H and O–H groups in total. The Morgan fingerprint density at radius 1 is 1.33 bits per heavy atom. The van der Waals surface area contributed by atoms with Gasteiger partial charge in [-0.15, -0.1) is 0 Å². The van der Waals surface area contributed by atoms with Crippen LogP contribution >= 0.6 is 11.8 Å². The zero-order chi connectivity index (χ0) is 13.4. The standard InChI is InChI=1S/C14H29N3S/c1-5-12(6-2)13-11-16-14(18-13)15-9-7-8-10-17(3)4/h12-13H,5-11H2,1-4H3,(H,15,16). The molecule has 1 aliphatic rings. The average Bonchev–Trinajstić information content (AvgIpc) is 2.79. The zero-order valence-electron chi connectivity index (χ0n) is 12.4. The van der Waals surface area contributed by atoms with Gasteiger partial charge < -0.3 is 10.2 Å². The van der Waals surface area contributed by atoms with Crippen LogP contribution in [0.2, 0.25) is 0 Å². The van der Waals surface area contributed by atoms with E-state index < -0.39 is 0 Å². The molecule has 1 rings (SSSR count). The number of rotatable bonds is 8. The van der Waals surface area contributed by atoms with Crippen molar-refractivity contribution in [2.75, 3.05) is 33.7 Å². The van der Waals surface area contributed by atoms with E-state index in [4.69, 9.17) is 0 Å². The fraction of sp³-hybridized carbons (Fsp3) is 0.929. The van der Waals surface area contributed by atoms with E-state index in [-0.39, 0.29) is 0 Å². The third kappa shape index (κ3) is 5.61. The normalized spacial score (nSPS) is 19.7. The number of thioether (sulfide) groups is 1. The van der Waals surface area contributed by atoms with Crippen LogP contribution in [0, 0.1) is 5.92 Å². The lowest BCUT2D eigenvalue weighted by molar-refractivity contribution is 0.394. The van der Waals surface area contributed by atoms with Crippen molar-refractivity contribution in [3.63, 3.8) is 0 Å². The van der Waals surface area contributed by atoms with Crippen molar-refractivity contribution in [2.45, 2.75) is 44.8 Å². The number of unbranched alkanes of at least 4 members (excludes halogenated alkanes) is 1. The van der Waals surface area contributed by atoms with Crippen LogP contribution in [0.1, 0.15) is 39.5 Å². The highest BCUT2D eigenvalue weighted by Gasteiger charge is 2.25. The van der Waals surface area contributed by atoms with E-state index in [1.165, 1.54) is 37.4 Å². The molecule has 0 aromatic rings. The summed E-state index contributed by atoms with van der Waals surface area (Å²) in [6, 6.07) is 0. The van der Waals surface area contributed by atoms with E-state index in [2.05, 4.69) is 43.2 Å². The van der Waals surface area contributed by atoms with Crippen molar-refractivity contribution in [2.24, 2.45) is 10.9 Å². The number of amidine groups is 1. The van der Waals surface area contributed by atoms with Gasteiger partial charge in [0, 0.05) is 11.8 Å². The molecule has 18 heavy (non-hydrogen) atoms. The van der Waals surface area contributed by atoms with Crippen LogP contribution in [0.4, 0.5) is 0 Å². The van der Waals surface area contributed by atoms with Crippen LogP contribution in [0.5, 0.6) is 0 Å². The van der Waals surface area contributed by atoms with E-state index in [1.54, 1.807) is 0 Å². The molecule has 0 saturated carbocycles. The molecule has 3 nitrogen and oxygen atoms in total. The van der Waals surface area contributed by atoms with E-state index in [0.717, 1.165) is 19.0 Å². The van der Waals surface area contributed by atoms with Gasteiger partial charge in [0.25, 0.3) is 0 Å². The molecule has 1 unspecified atom stereocenters. The molecule has 0 bridgehead atoms. The number of nitrogens with zero attached hydrogens (tertiary/aromatic N) is 2. The predicted molar refractivity (Wildman–Crippen MR) is 83.5 cm³/mol. The quantitative estimate of drug-likeness (QED) is 0.688. The predicted octanol–water partition coefficient (Wildman–Crippen LogP) is 2.83. The van der Waals surface area contributed by atoms with E-state index in [9.17, 15) is 0 Å². The van der Waals surface area contributed by atoms with Crippen LogP contribution in [0.3, 0.4) is 0 Å². The van der Waals surface area contributed by atoms with Gasteiger partial charge in [-0.1, -0.05) is 38.5 Å². The van der Waals surface area contributed by atoms with Gasteiger partial charge in [-0.05, 0) is 39.4 Å². The van der Waals surface area contributed by atoms with Crippen LogP contribution in [0.15, 0.2) is 4.99 Å². The first kappa shape index (κ1) is 15.8. The summed E-state index contributed by atoms with van der Waals surface area (Å²) in [4.78, 5) is 6.87. The summed E-state index contributed by atoms with van der Waals surface area (Å²) in [5.41, 5.74) is 0. The fourth-order valence-electron chi connectivity index (χ4n) is 2.30. The fourth-order valence-corrected chi connectivity index (χ4v) is 3.64. The topological polar surface area (TPSA) is 27.6 Å². The van der Waals surface area contributed by atoms with Crippen LogP contribution in [-0.4, -0.2) is 49.0 Å². The lowest BCUT2D eigenvalue weighted by atomic mass is 9.99. The molecule has 1 atom stereocenters. The molecule has 0 amide bonds. The van der Waals surface area contributed by atoms with Crippen LogP contribution < -0.4 is 5.32 Å². The average molecular weight is 271 g/mol. The Bertz CT molecular complexity index is 249. The third-order valence-electron chi connectivity index (χ3n) is 3.56. The van der Waals surface area contributed by atoms with Gasteiger partial charge in [0.2, 0.25) is 0 Å². The molecule has 106 valence electrons. The molecule has 1 aliphatic heterocycles. The Labute approximate surface area is 117 Å². The Hall–Kier alpha value is -0.220. The Morgan fingerprint density at radius 3 is 2.67 bits per heavy atom. The molecule has 0 aromatic heterocycles. The Morgan fingerprint density at radius 2 is 2.06 bits per heavy atom. The highest BCUT2D eigenvalue weighted by molar-refractivity contribution is 8.14. The minimum atomic E-state index is 0.712. The molecule has 0 fully saturated rings. The van der Waals surface area contributed by atoms with Gasteiger partial charge in [0.15, 0.2) is 5.17 Å². The highest BCUT2D eigenvalue weighted by atomic mass is 32.2. The maximum absolute atomic E-state index is 4.62. The second-order valence-electron chi connectivity index (χ2n) is 5.32. The maximum atomic E-state index is 4.62. The van der Waals surface area contributed by atoms with Crippen molar-refractivity contribution in [1.82, 2.24) is 10.2 Å². The second-order valence-corrected chi connectivity index (χ2v) is 6.54. The minimum Gasteiger partial charge on any atom is -0.365 e. The van der Waals surface area contributed by atoms with Crippen molar-refractivity contribution >= 4 is 16.9 Å². The van der Waals surface area contributed by atoms with Crippen LogP contribution in [-0.2, 0) is 0 Å². The molecule has 0 aromatic carbocycles. The first-order chi connectivity index (χ1) is 8.67. The van der Waals surface area contributed by atoms with Crippen molar-refractivity contribution in [3.05, 3.63) is 0 Å². The molecule has 0 spiro atoms. The summed E-state index contributed by atoms with van der Waals surface area (Å²) in [5, 5.41) is 5.37. The third-order valence-corrected chi connectivity index (χ3v) is 4.89. The highest BCUT2D eigenvalue weighted by Crippen LogP contribution is 2.30. The lowest BCUT2D eigenvalue weighted by Crippen LogP contribution is -2.23. The smallest absolute Gasteiger partial charge is 0.156 e. The second kappa shape index (κ2) is 8.81. The maximum Gasteiger partial charge on any atom is 0.156 e. The minimum absolute atomic E-state index is 0.712. The monoisotopic (exact) mass is 271 g/mol. The van der Waals surface area contributed by atoms with Gasteiger partial charge in [-0.2, -0.15) is 0 Å². The number of aliphatic imine (C=N–C) groups is 1. The van der Waals surface area contributed by atoms with Crippen molar-refractivity contribution < 1.29 is 0 Å². The zero-order valence-corrected chi connectivity index (χ0v) is 13.2. The summed E-state index contributed by atoms with van der Waals surface area (Å²) >= 11 is 1.96. The summed E-state index contributed by atoms with van der Waals surface area (Å²) < 4.78 is 0. The Balaban J connectivity index is 2.11. The largest absolute Gasteiger partial charge is 0.365 e. The van der Waals surface area contributed by atoms with Gasteiger partial charge in [0.1, 0.15) is 0 Å². The molecule has 4 heteroatoms. The lowest BCUT2D eigenvalue weighted by Gasteiger charge is -2.18. The number of hydrogen-bond acceptors (Lipinski definition) is 4. The summed E-state index contributed by atoms with van der Waals surface area (Å²) in [6.07, 6.45) is 5.04. The number of hydrogen-bond donors (Lipinski definition) is 1. The molecular weight excluding hydrogens is 242 g/mol. The number of nitrogens with one attached hydrogen (secondary N) is 1.